The highest BCUT2D eigenvalue weighted by atomic mass is 35.5. The van der Waals surface area contributed by atoms with E-state index in [9.17, 15) is 18.0 Å². The third-order valence-corrected chi connectivity index (χ3v) is 3.37. The second-order valence-electron chi connectivity index (χ2n) is 4.67. The van der Waals surface area contributed by atoms with E-state index < -0.39 is 18.3 Å². The van der Waals surface area contributed by atoms with Gasteiger partial charge in [-0.15, -0.1) is 0 Å². The van der Waals surface area contributed by atoms with Crippen molar-refractivity contribution in [2.45, 2.75) is 13.2 Å². The van der Waals surface area contributed by atoms with Crippen molar-refractivity contribution in [3.8, 4) is 5.75 Å². The molecular formula is C17H13ClF3NO2. The molecule has 2 rings (SSSR count). The predicted molar refractivity (Wildman–Crippen MR) is 85.4 cm³/mol. The number of ether oxygens (including phenoxy) is 1. The van der Waals surface area contributed by atoms with Crippen molar-refractivity contribution < 1.29 is 22.7 Å². The lowest BCUT2D eigenvalue weighted by molar-refractivity contribution is -0.116. The smallest absolute Gasteiger partial charge is 0.387 e. The highest BCUT2D eigenvalue weighted by Crippen LogP contribution is 2.21. The van der Waals surface area contributed by atoms with E-state index in [0.717, 1.165) is 6.08 Å². The minimum absolute atomic E-state index is 0.0168. The van der Waals surface area contributed by atoms with Gasteiger partial charge in [0.05, 0.1) is 5.02 Å². The predicted octanol–water partition coefficient (Wildman–Crippen LogP) is 4.41. The fourth-order valence-corrected chi connectivity index (χ4v) is 2.16. The van der Waals surface area contributed by atoms with Crippen LogP contribution in [0.15, 0.2) is 48.5 Å². The Morgan fingerprint density at radius 3 is 2.67 bits per heavy atom. The normalized spacial score (nSPS) is 11.0. The van der Waals surface area contributed by atoms with E-state index in [1.165, 1.54) is 30.3 Å². The van der Waals surface area contributed by atoms with E-state index in [1.807, 2.05) is 0 Å². The van der Waals surface area contributed by atoms with E-state index in [4.69, 9.17) is 11.6 Å². The van der Waals surface area contributed by atoms with Gasteiger partial charge >= 0.3 is 6.61 Å². The molecule has 2 aromatic carbocycles. The van der Waals surface area contributed by atoms with Gasteiger partial charge < -0.3 is 10.1 Å². The molecule has 3 nitrogen and oxygen atoms in total. The number of hydrogen-bond acceptors (Lipinski definition) is 2. The summed E-state index contributed by atoms with van der Waals surface area (Å²) in [5.41, 5.74) is 0.485. The molecule has 0 saturated carbocycles. The number of carbonyl (C=O) groups is 1. The zero-order valence-corrected chi connectivity index (χ0v) is 13.1. The van der Waals surface area contributed by atoms with Crippen LogP contribution in [0.25, 0.3) is 6.08 Å². The Morgan fingerprint density at radius 2 is 1.96 bits per heavy atom. The number of benzene rings is 2. The Kier molecular flexibility index (Phi) is 6.26. The minimum atomic E-state index is -2.95. The van der Waals surface area contributed by atoms with Crippen LogP contribution in [-0.2, 0) is 11.3 Å². The summed E-state index contributed by atoms with van der Waals surface area (Å²) in [6.45, 7) is -2.97. The highest BCUT2D eigenvalue weighted by Gasteiger charge is 2.09. The monoisotopic (exact) mass is 355 g/mol. The van der Waals surface area contributed by atoms with Crippen LogP contribution in [0.3, 0.4) is 0 Å². The first-order chi connectivity index (χ1) is 11.5. The summed E-state index contributed by atoms with van der Waals surface area (Å²) in [4.78, 5) is 11.8. The minimum Gasteiger partial charge on any atom is -0.434 e. The maximum absolute atomic E-state index is 13.6. The van der Waals surface area contributed by atoms with Gasteiger partial charge in [0.25, 0.3) is 0 Å². The van der Waals surface area contributed by atoms with E-state index >= 15 is 0 Å². The first kappa shape index (κ1) is 17.9. The largest absolute Gasteiger partial charge is 0.434 e. The topological polar surface area (TPSA) is 38.3 Å². The summed E-state index contributed by atoms with van der Waals surface area (Å²) < 4.78 is 42.6. The van der Waals surface area contributed by atoms with Gasteiger partial charge in [0.1, 0.15) is 11.6 Å². The third-order valence-electron chi connectivity index (χ3n) is 3.04. The summed E-state index contributed by atoms with van der Waals surface area (Å²) in [7, 11) is 0. The number of rotatable bonds is 6. The first-order valence-corrected chi connectivity index (χ1v) is 7.28. The summed E-state index contributed by atoms with van der Waals surface area (Å²) in [5.74, 6) is -1.10. The number of alkyl halides is 2. The number of halogens is 4. The Hall–Kier alpha value is -2.47. The second kappa shape index (κ2) is 8.40. The molecule has 0 bridgehead atoms. The molecule has 0 spiro atoms. The molecule has 0 aliphatic heterocycles. The Bertz CT molecular complexity index is 730. The average molecular weight is 356 g/mol. The van der Waals surface area contributed by atoms with Crippen LogP contribution < -0.4 is 10.1 Å². The van der Waals surface area contributed by atoms with E-state index in [0.29, 0.717) is 5.56 Å². The second-order valence-corrected chi connectivity index (χ2v) is 5.08. The maximum Gasteiger partial charge on any atom is 0.387 e. The van der Waals surface area contributed by atoms with Crippen LogP contribution in [0.4, 0.5) is 13.2 Å². The summed E-state index contributed by atoms with van der Waals surface area (Å²) in [6.07, 6.45) is 2.36. The zero-order chi connectivity index (χ0) is 17.5. The fourth-order valence-electron chi connectivity index (χ4n) is 1.93. The van der Waals surface area contributed by atoms with Crippen molar-refractivity contribution >= 4 is 23.6 Å². The molecule has 7 heteroatoms. The molecule has 0 fully saturated rings. The van der Waals surface area contributed by atoms with Crippen molar-refractivity contribution in [1.29, 1.82) is 0 Å². The summed E-state index contributed by atoms with van der Waals surface area (Å²) >= 11 is 5.84. The summed E-state index contributed by atoms with van der Waals surface area (Å²) in [5, 5.41) is 2.68. The molecule has 0 radical (unpaired) electrons. The number of carbonyl (C=O) groups excluding carboxylic acids is 1. The van der Waals surface area contributed by atoms with Gasteiger partial charge in [0.2, 0.25) is 5.91 Å². The standard InChI is InChI=1S/C17H13ClF3NO2/c18-13-5-3-6-14(19)12(13)8-9-16(23)22-10-11-4-1-2-7-15(11)24-17(20)21/h1-9,17H,10H2,(H,22,23)/b9-8+. The van der Waals surface area contributed by atoms with E-state index in [-0.39, 0.29) is 22.9 Å². The van der Waals surface area contributed by atoms with Gasteiger partial charge in [-0.1, -0.05) is 35.9 Å². The van der Waals surface area contributed by atoms with Crippen LogP contribution in [0, 0.1) is 5.82 Å². The van der Waals surface area contributed by atoms with Crippen molar-refractivity contribution in [2.24, 2.45) is 0 Å². The van der Waals surface area contributed by atoms with Crippen molar-refractivity contribution in [3.05, 3.63) is 70.5 Å². The van der Waals surface area contributed by atoms with E-state index in [2.05, 4.69) is 10.1 Å². The molecule has 0 saturated heterocycles. The van der Waals surface area contributed by atoms with Gasteiger partial charge in [0, 0.05) is 23.7 Å². The lowest BCUT2D eigenvalue weighted by Gasteiger charge is -2.10. The average Bonchev–Trinajstić information content (AvgIpc) is 2.53. The van der Waals surface area contributed by atoms with Gasteiger partial charge in [-0.05, 0) is 24.3 Å². The molecule has 2 aromatic rings. The van der Waals surface area contributed by atoms with Gasteiger partial charge in [-0.2, -0.15) is 8.78 Å². The highest BCUT2D eigenvalue weighted by molar-refractivity contribution is 6.32. The molecule has 1 N–H and O–H groups in total. The van der Waals surface area contributed by atoms with E-state index in [1.54, 1.807) is 18.2 Å². The van der Waals surface area contributed by atoms with Crippen LogP contribution in [0.5, 0.6) is 5.75 Å². The first-order valence-electron chi connectivity index (χ1n) is 6.90. The Morgan fingerprint density at radius 1 is 1.21 bits per heavy atom. The van der Waals surface area contributed by atoms with Gasteiger partial charge in [-0.3, -0.25) is 4.79 Å². The van der Waals surface area contributed by atoms with Crippen LogP contribution in [-0.4, -0.2) is 12.5 Å². The number of nitrogens with one attached hydrogen (secondary N) is 1. The number of amides is 1. The van der Waals surface area contributed by atoms with Crippen molar-refractivity contribution in [2.75, 3.05) is 0 Å². The molecular weight excluding hydrogens is 343 g/mol. The van der Waals surface area contributed by atoms with Gasteiger partial charge in [-0.25, -0.2) is 4.39 Å². The van der Waals surface area contributed by atoms with Crippen LogP contribution >= 0.6 is 11.6 Å². The van der Waals surface area contributed by atoms with Crippen LogP contribution in [0.2, 0.25) is 5.02 Å². The fraction of sp³-hybridized carbons (Fsp3) is 0.118. The maximum atomic E-state index is 13.6. The van der Waals surface area contributed by atoms with Crippen LogP contribution in [0.1, 0.15) is 11.1 Å². The zero-order valence-electron chi connectivity index (χ0n) is 12.3. The Balaban J connectivity index is 2.00. The molecule has 126 valence electrons. The number of hydrogen-bond donors (Lipinski definition) is 1. The van der Waals surface area contributed by atoms with Crippen molar-refractivity contribution in [3.63, 3.8) is 0 Å². The molecule has 0 heterocycles. The summed E-state index contributed by atoms with van der Waals surface area (Å²) in [6, 6.07) is 10.3. The third kappa shape index (κ3) is 5.03. The quantitative estimate of drug-likeness (QED) is 0.779. The Labute approximate surface area is 141 Å². The molecule has 1 amide bonds. The molecule has 0 unspecified atom stereocenters. The lowest BCUT2D eigenvalue weighted by atomic mass is 10.2. The molecule has 0 atom stereocenters. The molecule has 0 aliphatic rings. The van der Waals surface area contributed by atoms with Gasteiger partial charge in [0.15, 0.2) is 0 Å². The molecule has 24 heavy (non-hydrogen) atoms. The number of para-hydroxylation sites is 1. The van der Waals surface area contributed by atoms with Crippen molar-refractivity contribution in [1.82, 2.24) is 5.32 Å². The molecule has 0 aromatic heterocycles. The lowest BCUT2D eigenvalue weighted by Crippen LogP contribution is -2.21. The SMILES string of the molecule is O=C(/C=C/c1c(F)cccc1Cl)NCc1ccccc1OC(F)F. The molecule has 0 aliphatic carbocycles.